The first-order valence-electron chi connectivity index (χ1n) is 9.83. The van der Waals surface area contributed by atoms with Crippen LogP contribution in [0.25, 0.3) is 11.0 Å². The van der Waals surface area contributed by atoms with Crippen molar-refractivity contribution >= 4 is 11.0 Å². The fraction of sp³-hybridized carbons (Fsp3) is 0.476. The van der Waals surface area contributed by atoms with Crippen molar-refractivity contribution in [1.29, 1.82) is 0 Å². The summed E-state index contributed by atoms with van der Waals surface area (Å²) in [5, 5.41) is 0.0382. The van der Waals surface area contributed by atoms with Gasteiger partial charge in [-0.3, -0.25) is 18.7 Å². The van der Waals surface area contributed by atoms with Crippen LogP contribution in [0.3, 0.4) is 0 Å². The van der Waals surface area contributed by atoms with Gasteiger partial charge in [-0.2, -0.15) is 0 Å². The molecule has 0 amide bonds. The van der Waals surface area contributed by atoms with Crippen LogP contribution in [0, 0.1) is 0 Å². The van der Waals surface area contributed by atoms with Crippen LogP contribution in [0.5, 0.6) is 0 Å². The van der Waals surface area contributed by atoms with Crippen LogP contribution < -0.4 is 22.4 Å². The van der Waals surface area contributed by atoms with Gasteiger partial charge in [0.05, 0.1) is 0 Å². The maximum atomic E-state index is 13.0. The zero-order valence-electron chi connectivity index (χ0n) is 16.7. The standard InChI is InChI=1S/C21H30N4O3/c1-4-7-10-16-15-17(26)18-19(23(16)14-9-8-11-22)24(12-5-2)21(28)25(13-6-3)20(18)27/h5-6,15H,2-4,7-14,22H2,1H3. The molecule has 0 aromatic carbocycles. The van der Waals surface area contributed by atoms with E-state index in [9.17, 15) is 14.4 Å². The molecule has 0 atom stereocenters. The van der Waals surface area contributed by atoms with E-state index in [4.69, 9.17) is 5.73 Å². The van der Waals surface area contributed by atoms with Crippen LogP contribution in [0.4, 0.5) is 0 Å². The lowest BCUT2D eigenvalue weighted by Gasteiger charge is -2.20. The van der Waals surface area contributed by atoms with Crippen molar-refractivity contribution in [1.82, 2.24) is 13.7 Å². The Hall–Kier alpha value is -2.67. The van der Waals surface area contributed by atoms with E-state index in [0.29, 0.717) is 25.2 Å². The van der Waals surface area contributed by atoms with Gasteiger partial charge in [0, 0.05) is 31.4 Å². The quantitative estimate of drug-likeness (QED) is 0.471. The smallest absolute Gasteiger partial charge is 0.331 e. The van der Waals surface area contributed by atoms with Crippen molar-refractivity contribution in [2.45, 2.75) is 58.7 Å². The van der Waals surface area contributed by atoms with E-state index in [-0.39, 0.29) is 23.9 Å². The molecule has 2 heterocycles. The fourth-order valence-corrected chi connectivity index (χ4v) is 3.43. The molecule has 0 aliphatic heterocycles. The summed E-state index contributed by atoms with van der Waals surface area (Å²) in [6, 6.07) is 1.54. The average Bonchev–Trinajstić information content (AvgIpc) is 2.68. The number of unbranched alkanes of at least 4 members (excludes halogenated alkanes) is 2. The predicted octanol–water partition coefficient (Wildman–Crippen LogP) is 1.78. The third-order valence-corrected chi connectivity index (χ3v) is 4.79. The van der Waals surface area contributed by atoms with Crippen molar-refractivity contribution in [2.24, 2.45) is 5.73 Å². The van der Waals surface area contributed by atoms with Crippen LogP contribution in [0.15, 0.2) is 45.8 Å². The monoisotopic (exact) mass is 386 g/mol. The lowest BCUT2D eigenvalue weighted by atomic mass is 10.1. The number of nitrogens with zero attached hydrogens (tertiary/aromatic N) is 3. The highest BCUT2D eigenvalue weighted by atomic mass is 16.2. The highest BCUT2D eigenvalue weighted by molar-refractivity contribution is 5.75. The SMILES string of the molecule is C=CCn1c(=O)c2c(=O)cc(CCCC)n(CCCCN)c2n(CC=C)c1=O. The Bertz CT molecular complexity index is 1030. The van der Waals surface area contributed by atoms with E-state index in [0.717, 1.165) is 35.9 Å². The van der Waals surface area contributed by atoms with Gasteiger partial charge in [0.1, 0.15) is 11.0 Å². The molecule has 0 saturated carbocycles. The molecule has 0 saturated heterocycles. The van der Waals surface area contributed by atoms with Gasteiger partial charge in [0.15, 0.2) is 5.43 Å². The lowest BCUT2D eigenvalue weighted by Crippen LogP contribution is -2.43. The zero-order chi connectivity index (χ0) is 20.7. The van der Waals surface area contributed by atoms with Gasteiger partial charge >= 0.3 is 5.69 Å². The lowest BCUT2D eigenvalue weighted by molar-refractivity contribution is 0.567. The van der Waals surface area contributed by atoms with E-state index in [2.05, 4.69) is 20.1 Å². The van der Waals surface area contributed by atoms with Gasteiger partial charge in [-0.1, -0.05) is 25.5 Å². The van der Waals surface area contributed by atoms with E-state index >= 15 is 0 Å². The summed E-state index contributed by atoms with van der Waals surface area (Å²) in [4.78, 5) is 38.8. The van der Waals surface area contributed by atoms with E-state index in [1.165, 1.54) is 10.6 Å². The Morgan fingerprint density at radius 2 is 1.68 bits per heavy atom. The molecule has 152 valence electrons. The molecule has 0 aliphatic carbocycles. The Morgan fingerprint density at radius 1 is 1.00 bits per heavy atom. The van der Waals surface area contributed by atoms with Crippen molar-refractivity contribution in [2.75, 3.05) is 6.54 Å². The Morgan fingerprint density at radius 3 is 2.29 bits per heavy atom. The number of nitrogens with two attached hydrogens (primary N) is 1. The summed E-state index contributed by atoms with van der Waals surface area (Å²) in [6.07, 6.45) is 7.30. The summed E-state index contributed by atoms with van der Waals surface area (Å²) in [7, 11) is 0. The van der Waals surface area contributed by atoms with Gasteiger partial charge in [-0.25, -0.2) is 4.79 Å². The summed E-state index contributed by atoms with van der Waals surface area (Å²) in [5.74, 6) is 0. The number of fused-ring (bicyclic) bond motifs is 1. The molecule has 0 unspecified atom stereocenters. The van der Waals surface area contributed by atoms with Crippen LogP contribution in [0.2, 0.25) is 0 Å². The first-order chi connectivity index (χ1) is 13.5. The van der Waals surface area contributed by atoms with Gasteiger partial charge in [-0.15, -0.1) is 13.2 Å². The highest BCUT2D eigenvalue weighted by Crippen LogP contribution is 2.14. The third kappa shape index (κ3) is 4.25. The number of allylic oxidation sites excluding steroid dienone is 2. The molecule has 2 N–H and O–H groups in total. The largest absolute Gasteiger partial charge is 0.333 e. The maximum absolute atomic E-state index is 13.0. The first-order valence-corrected chi connectivity index (χ1v) is 9.83. The minimum atomic E-state index is -0.570. The Balaban J connectivity index is 2.96. The van der Waals surface area contributed by atoms with Gasteiger partial charge in [-0.05, 0) is 32.2 Å². The highest BCUT2D eigenvalue weighted by Gasteiger charge is 2.19. The number of aryl methyl sites for hydroxylation is 2. The Kier molecular flexibility index (Phi) is 7.75. The topological polar surface area (TPSA) is 92.0 Å². The molecule has 0 bridgehead atoms. The molecule has 2 aromatic heterocycles. The summed E-state index contributed by atoms with van der Waals surface area (Å²) in [6.45, 7) is 10.8. The van der Waals surface area contributed by atoms with Gasteiger partial charge < -0.3 is 10.3 Å². The number of hydrogen-bond donors (Lipinski definition) is 1. The second-order valence-corrected chi connectivity index (χ2v) is 6.84. The zero-order valence-corrected chi connectivity index (χ0v) is 16.7. The van der Waals surface area contributed by atoms with Crippen molar-refractivity contribution < 1.29 is 0 Å². The van der Waals surface area contributed by atoms with Crippen molar-refractivity contribution in [3.05, 3.63) is 68.1 Å². The molecule has 7 heteroatoms. The summed E-state index contributed by atoms with van der Waals surface area (Å²) in [5.41, 5.74) is 5.48. The van der Waals surface area contributed by atoms with Crippen LogP contribution in [-0.4, -0.2) is 20.2 Å². The second kappa shape index (κ2) is 10.0. The second-order valence-electron chi connectivity index (χ2n) is 6.84. The number of pyridine rings is 1. The van der Waals surface area contributed by atoms with E-state index in [1.54, 1.807) is 12.1 Å². The molecule has 0 spiro atoms. The van der Waals surface area contributed by atoms with Crippen LogP contribution in [0.1, 0.15) is 38.3 Å². The molecule has 0 radical (unpaired) electrons. The number of hydrogen-bond acceptors (Lipinski definition) is 4. The van der Waals surface area contributed by atoms with Gasteiger partial charge in [0.2, 0.25) is 0 Å². The molecule has 2 rings (SSSR count). The number of rotatable bonds is 11. The molecular weight excluding hydrogens is 356 g/mol. The van der Waals surface area contributed by atoms with Gasteiger partial charge in [0.25, 0.3) is 5.56 Å². The van der Waals surface area contributed by atoms with Crippen LogP contribution in [-0.2, 0) is 26.1 Å². The molecular formula is C21H30N4O3. The molecule has 0 fully saturated rings. The normalized spacial score (nSPS) is 11.1. The predicted molar refractivity (Wildman–Crippen MR) is 114 cm³/mol. The number of aromatic nitrogens is 3. The summed E-state index contributed by atoms with van der Waals surface area (Å²) >= 11 is 0. The minimum Gasteiger partial charge on any atom is -0.331 e. The molecule has 7 nitrogen and oxygen atoms in total. The molecule has 2 aromatic rings. The molecule has 0 aliphatic rings. The van der Waals surface area contributed by atoms with E-state index in [1.807, 2.05) is 4.57 Å². The maximum Gasteiger partial charge on any atom is 0.333 e. The first kappa shape index (κ1) is 21.6. The minimum absolute atomic E-state index is 0.0382. The summed E-state index contributed by atoms with van der Waals surface area (Å²) < 4.78 is 4.47. The Labute approximate surface area is 164 Å². The average molecular weight is 386 g/mol. The molecule has 28 heavy (non-hydrogen) atoms. The third-order valence-electron chi connectivity index (χ3n) is 4.79. The van der Waals surface area contributed by atoms with Crippen LogP contribution >= 0.6 is 0 Å². The van der Waals surface area contributed by atoms with Crippen molar-refractivity contribution in [3.63, 3.8) is 0 Å². The van der Waals surface area contributed by atoms with E-state index < -0.39 is 11.2 Å². The van der Waals surface area contributed by atoms with Crippen molar-refractivity contribution in [3.8, 4) is 0 Å². The fourth-order valence-electron chi connectivity index (χ4n) is 3.43.